The molecule has 18 heavy (non-hydrogen) atoms. The fourth-order valence-electron chi connectivity index (χ4n) is 1.71. The van der Waals surface area contributed by atoms with Gasteiger partial charge in [0, 0.05) is 20.1 Å². The Hall–Kier alpha value is -1.88. The Labute approximate surface area is 106 Å². The van der Waals surface area contributed by atoms with Crippen LogP contribution in [-0.2, 0) is 14.4 Å². The fraction of sp³-hybridized carbons (Fsp3) is 0.385. The highest BCUT2D eigenvalue weighted by molar-refractivity contribution is 6.04. The molecule has 1 N–H and O–H groups in total. The molecule has 0 spiro atoms. The van der Waals surface area contributed by atoms with Crippen molar-refractivity contribution in [2.75, 3.05) is 20.3 Å². The minimum atomic E-state index is -0.530. The van der Waals surface area contributed by atoms with Crippen LogP contribution >= 0.6 is 0 Å². The van der Waals surface area contributed by atoms with E-state index >= 15 is 0 Å². The number of carbonyl (C=O) groups excluding carboxylic acids is 1. The highest BCUT2D eigenvalue weighted by Gasteiger charge is 2.28. The Morgan fingerprint density at radius 1 is 1.50 bits per heavy atom. The van der Waals surface area contributed by atoms with Crippen LogP contribution in [0.4, 0.5) is 0 Å². The SMILES string of the molecule is COCCNC(=O)C1CC(c2ccccc2)=NO1. The number of amides is 1. The average molecular weight is 248 g/mol. The van der Waals surface area contributed by atoms with Gasteiger partial charge in [-0.2, -0.15) is 0 Å². The van der Waals surface area contributed by atoms with E-state index in [4.69, 9.17) is 9.57 Å². The van der Waals surface area contributed by atoms with Crippen LogP contribution in [0.2, 0.25) is 0 Å². The van der Waals surface area contributed by atoms with E-state index in [9.17, 15) is 4.79 Å². The summed E-state index contributed by atoms with van der Waals surface area (Å²) >= 11 is 0. The van der Waals surface area contributed by atoms with Crippen molar-refractivity contribution < 1.29 is 14.4 Å². The molecule has 1 aliphatic heterocycles. The predicted octanol–water partition coefficient (Wildman–Crippen LogP) is 0.942. The Bertz CT molecular complexity index is 431. The van der Waals surface area contributed by atoms with Crippen molar-refractivity contribution in [3.8, 4) is 0 Å². The third-order valence-electron chi connectivity index (χ3n) is 2.67. The Kier molecular flexibility index (Phi) is 4.30. The van der Waals surface area contributed by atoms with E-state index < -0.39 is 6.10 Å². The summed E-state index contributed by atoms with van der Waals surface area (Å²) < 4.78 is 4.86. The summed E-state index contributed by atoms with van der Waals surface area (Å²) in [5.41, 5.74) is 1.80. The second-order valence-electron chi connectivity index (χ2n) is 3.99. The third kappa shape index (κ3) is 3.07. The van der Waals surface area contributed by atoms with Crippen molar-refractivity contribution in [2.45, 2.75) is 12.5 Å². The lowest BCUT2D eigenvalue weighted by atomic mass is 10.0. The van der Waals surface area contributed by atoms with Crippen molar-refractivity contribution >= 4 is 11.6 Å². The van der Waals surface area contributed by atoms with Crippen LogP contribution in [-0.4, -0.2) is 38.0 Å². The van der Waals surface area contributed by atoms with Crippen LogP contribution in [0.15, 0.2) is 35.5 Å². The van der Waals surface area contributed by atoms with Crippen LogP contribution < -0.4 is 5.32 Å². The number of ether oxygens (including phenoxy) is 1. The molecule has 1 aromatic rings. The molecule has 0 radical (unpaired) electrons. The number of nitrogens with zero attached hydrogens (tertiary/aromatic N) is 1. The number of hydrogen-bond acceptors (Lipinski definition) is 4. The molecule has 2 rings (SSSR count). The number of methoxy groups -OCH3 is 1. The molecule has 5 nitrogen and oxygen atoms in total. The summed E-state index contributed by atoms with van der Waals surface area (Å²) in [6.45, 7) is 0.973. The van der Waals surface area contributed by atoms with E-state index in [0.29, 0.717) is 19.6 Å². The molecule has 1 amide bonds. The van der Waals surface area contributed by atoms with Crippen molar-refractivity contribution in [3.05, 3.63) is 35.9 Å². The zero-order valence-electron chi connectivity index (χ0n) is 10.3. The first kappa shape index (κ1) is 12.6. The molecule has 1 aliphatic rings. The largest absolute Gasteiger partial charge is 0.383 e. The first-order valence-corrected chi connectivity index (χ1v) is 5.86. The van der Waals surface area contributed by atoms with E-state index in [2.05, 4.69) is 10.5 Å². The number of hydrogen-bond donors (Lipinski definition) is 1. The summed E-state index contributed by atoms with van der Waals surface area (Å²) in [5, 5.41) is 6.70. The van der Waals surface area contributed by atoms with Crippen LogP contribution in [0.25, 0.3) is 0 Å². The molecule has 5 heteroatoms. The van der Waals surface area contributed by atoms with Gasteiger partial charge in [0.25, 0.3) is 5.91 Å². The molecule has 0 bridgehead atoms. The lowest BCUT2D eigenvalue weighted by Crippen LogP contribution is -2.36. The van der Waals surface area contributed by atoms with Gasteiger partial charge >= 0.3 is 0 Å². The minimum Gasteiger partial charge on any atom is -0.383 e. The standard InChI is InChI=1S/C13H16N2O3/c1-17-8-7-14-13(16)12-9-11(15-18-12)10-5-3-2-4-6-10/h2-6,12H,7-9H2,1H3,(H,14,16). The van der Waals surface area contributed by atoms with Gasteiger partial charge < -0.3 is 14.9 Å². The summed E-state index contributed by atoms with van der Waals surface area (Å²) in [6, 6.07) is 9.71. The number of rotatable bonds is 5. The number of oxime groups is 1. The van der Waals surface area contributed by atoms with E-state index in [1.165, 1.54) is 0 Å². The lowest BCUT2D eigenvalue weighted by molar-refractivity contribution is -0.131. The zero-order chi connectivity index (χ0) is 12.8. The highest BCUT2D eigenvalue weighted by Crippen LogP contribution is 2.16. The second kappa shape index (κ2) is 6.16. The maximum absolute atomic E-state index is 11.7. The van der Waals surface area contributed by atoms with Crippen LogP contribution in [0, 0.1) is 0 Å². The summed E-state index contributed by atoms with van der Waals surface area (Å²) in [7, 11) is 1.59. The fourth-order valence-corrected chi connectivity index (χ4v) is 1.71. The Morgan fingerprint density at radius 3 is 3.00 bits per heavy atom. The van der Waals surface area contributed by atoms with Gasteiger partial charge in [0.2, 0.25) is 6.10 Å². The molecule has 0 aliphatic carbocycles. The number of nitrogens with one attached hydrogen (secondary N) is 1. The third-order valence-corrected chi connectivity index (χ3v) is 2.67. The van der Waals surface area contributed by atoms with E-state index in [-0.39, 0.29) is 5.91 Å². The highest BCUT2D eigenvalue weighted by atomic mass is 16.6. The lowest BCUT2D eigenvalue weighted by Gasteiger charge is -2.08. The van der Waals surface area contributed by atoms with E-state index in [1.807, 2.05) is 30.3 Å². The Morgan fingerprint density at radius 2 is 2.28 bits per heavy atom. The monoisotopic (exact) mass is 248 g/mol. The van der Waals surface area contributed by atoms with Crippen molar-refractivity contribution in [1.29, 1.82) is 0 Å². The Balaban J connectivity index is 1.86. The van der Waals surface area contributed by atoms with Gasteiger partial charge in [-0.15, -0.1) is 0 Å². The van der Waals surface area contributed by atoms with Gasteiger partial charge in [-0.1, -0.05) is 35.5 Å². The van der Waals surface area contributed by atoms with Crippen LogP contribution in [0.3, 0.4) is 0 Å². The summed E-state index contributed by atoms with van der Waals surface area (Å²) in [5.74, 6) is -0.151. The van der Waals surface area contributed by atoms with E-state index in [0.717, 1.165) is 11.3 Å². The topological polar surface area (TPSA) is 59.9 Å². The maximum Gasteiger partial charge on any atom is 0.264 e. The van der Waals surface area contributed by atoms with Crippen molar-refractivity contribution in [2.24, 2.45) is 5.16 Å². The number of carbonyl (C=O) groups is 1. The van der Waals surface area contributed by atoms with Gasteiger partial charge in [-0.25, -0.2) is 0 Å². The average Bonchev–Trinajstić information content (AvgIpc) is 2.89. The molecule has 1 heterocycles. The molecule has 0 saturated heterocycles. The maximum atomic E-state index is 11.7. The zero-order valence-corrected chi connectivity index (χ0v) is 10.3. The van der Waals surface area contributed by atoms with Crippen LogP contribution in [0.1, 0.15) is 12.0 Å². The predicted molar refractivity (Wildman–Crippen MR) is 67.4 cm³/mol. The van der Waals surface area contributed by atoms with Crippen molar-refractivity contribution in [3.63, 3.8) is 0 Å². The van der Waals surface area contributed by atoms with E-state index in [1.54, 1.807) is 7.11 Å². The molecule has 0 fully saturated rings. The molecule has 0 saturated carbocycles. The normalized spacial score (nSPS) is 18.1. The minimum absolute atomic E-state index is 0.151. The summed E-state index contributed by atoms with van der Waals surface area (Å²) in [6.07, 6.45) is -0.0277. The van der Waals surface area contributed by atoms with Gasteiger partial charge in [0.05, 0.1) is 12.3 Å². The first-order valence-electron chi connectivity index (χ1n) is 5.86. The van der Waals surface area contributed by atoms with Gasteiger partial charge in [-0.05, 0) is 5.56 Å². The molecule has 96 valence electrons. The molecular formula is C13H16N2O3. The molecule has 1 unspecified atom stereocenters. The molecule has 1 atom stereocenters. The molecule has 1 aromatic carbocycles. The quantitative estimate of drug-likeness (QED) is 0.789. The number of benzene rings is 1. The summed E-state index contributed by atoms with van der Waals surface area (Å²) in [4.78, 5) is 16.9. The molecular weight excluding hydrogens is 232 g/mol. The van der Waals surface area contributed by atoms with Gasteiger partial charge in [0.15, 0.2) is 0 Å². The van der Waals surface area contributed by atoms with Gasteiger partial charge in [0.1, 0.15) is 0 Å². The van der Waals surface area contributed by atoms with Crippen LogP contribution in [0.5, 0.6) is 0 Å². The second-order valence-corrected chi connectivity index (χ2v) is 3.99. The molecule has 0 aromatic heterocycles. The van der Waals surface area contributed by atoms with Gasteiger partial charge in [-0.3, -0.25) is 4.79 Å². The first-order chi connectivity index (χ1) is 8.81. The smallest absolute Gasteiger partial charge is 0.264 e. The van der Waals surface area contributed by atoms with Crippen molar-refractivity contribution in [1.82, 2.24) is 5.32 Å².